The van der Waals surface area contributed by atoms with E-state index in [0.29, 0.717) is 5.92 Å². The molecule has 22 heavy (non-hydrogen) atoms. The number of hydrogen-bond donors (Lipinski definition) is 1. The Kier molecular flexibility index (Phi) is 5.07. The molecule has 3 heteroatoms. The van der Waals surface area contributed by atoms with Gasteiger partial charge in [0.1, 0.15) is 0 Å². The van der Waals surface area contributed by atoms with Gasteiger partial charge in [-0.05, 0) is 63.1 Å². The number of rotatable bonds is 3. The van der Waals surface area contributed by atoms with Gasteiger partial charge in [0.15, 0.2) is 0 Å². The van der Waals surface area contributed by atoms with Crippen LogP contribution in [-0.4, -0.2) is 29.4 Å². The monoisotopic (exact) mass is 300 g/mol. The van der Waals surface area contributed by atoms with Crippen molar-refractivity contribution < 1.29 is 4.79 Å². The average molecular weight is 300 g/mol. The molecule has 0 aliphatic carbocycles. The first-order valence-electron chi connectivity index (χ1n) is 8.11. The summed E-state index contributed by atoms with van der Waals surface area (Å²) in [5.74, 6) is 0.605. The van der Waals surface area contributed by atoms with Crippen molar-refractivity contribution in [1.29, 1.82) is 0 Å². The molecular weight excluding hydrogens is 272 g/mol. The van der Waals surface area contributed by atoms with Crippen molar-refractivity contribution in [3.63, 3.8) is 0 Å². The second kappa shape index (κ2) is 6.66. The minimum atomic E-state index is -0.763. The Hall–Kier alpha value is -1.61. The maximum Gasteiger partial charge on any atom is 0.242 e. The Morgan fingerprint density at radius 2 is 1.77 bits per heavy atom. The highest BCUT2D eigenvalue weighted by Crippen LogP contribution is 2.23. The number of amides is 1. The molecule has 1 aliphatic rings. The number of carbonyl (C=O) groups excluding carboxylic acids is 1. The first-order chi connectivity index (χ1) is 10.3. The molecule has 0 unspecified atom stereocenters. The molecule has 0 spiro atoms. The summed E-state index contributed by atoms with van der Waals surface area (Å²) in [6.07, 6.45) is 6.59. The molecule has 2 N–H and O–H groups in total. The predicted octanol–water partition coefficient (Wildman–Crippen LogP) is 3.29. The van der Waals surface area contributed by atoms with E-state index in [4.69, 9.17) is 5.73 Å². The van der Waals surface area contributed by atoms with Gasteiger partial charge in [-0.15, -0.1) is 0 Å². The summed E-state index contributed by atoms with van der Waals surface area (Å²) in [4.78, 5) is 14.1. The molecule has 120 valence electrons. The average Bonchev–Trinajstić information content (AvgIpc) is 2.46. The lowest BCUT2D eigenvalue weighted by Gasteiger charge is -2.34. The number of nitrogens with two attached hydrogens (primary N) is 1. The quantitative estimate of drug-likeness (QED) is 0.931. The van der Waals surface area contributed by atoms with E-state index in [1.807, 2.05) is 4.90 Å². The lowest BCUT2D eigenvalue weighted by molar-refractivity contribution is -0.137. The Bertz CT molecular complexity index is 541. The van der Waals surface area contributed by atoms with Gasteiger partial charge < -0.3 is 10.6 Å². The third kappa shape index (κ3) is 3.98. The van der Waals surface area contributed by atoms with Gasteiger partial charge in [0.25, 0.3) is 0 Å². The maximum absolute atomic E-state index is 12.2. The van der Waals surface area contributed by atoms with Gasteiger partial charge in [0.05, 0.1) is 5.54 Å². The lowest BCUT2D eigenvalue weighted by Crippen LogP contribution is -2.53. The van der Waals surface area contributed by atoms with Gasteiger partial charge >= 0.3 is 0 Å². The maximum atomic E-state index is 12.2. The molecule has 0 bridgehead atoms. The Morgan fingerprint density at radius 3 is 2.27 bits per heavy atom. The van der Waals surface area contributed by atoms with Gasteiger partial charge in [-0.3, -0.25) is 4.79 Å². The van der Waals surface area contributed by atoms with Crippen LogP contribution in [0.3, 0.4) is 0 Å². The van der Waals surface area contributed by atoms with Gasteiger partial charge in [-0.25, -0.2) is 0 Å². The molecular formula is C19H28N2O. The fourth-order valence-corrected chi connectivity index (χ4v) is 3.03. The molecule has 1 saturated heterocycles. The van der Waals surface area contributed by atoms with Crippen molar-refractivity contribution in [1.82, 2.24) is 4.90 Å². The molecule has 1 aromatic carbocycles. The summed E-state index contributed by atoms with van der Waals surface area (Å²) in [7, 11) is 0. The van der Waals surface area contributed by atoms with E-state index in [-0.39, 0.29) is 5.91 Å². The Balaban J connectivity index is 1.96. The normalized spacial score (nSPS) is 17.2. The fourth-order valence-electron chi connectivity index (χ4n) is 3.03. The van der Waals surface area contributed by atoms with Gasteiger partial charge in [0, 0.05) is 13.1 Å². The van der Waals surface area contributed by atoms with Crippen molar-refractivity contribution in [3.05, 3.63) is 41.0 Å². The molecule has 2 rings (SSSR count). The molecule has 3 nitrogen and oxygen atoms in total. The topological polar surface area (TPSA) is 46.3 Å². The summed E-state index contributed by atoms with van der Waals surface area (Å²) >= 11 is 0. The van der Waals surface area contributed by atoms with Crippen LogP contribution in [0.1, 0.15) is 43.4 Å². The number of allylic oxidation sites excluding steroid dienone is 1. The molecule has 0 atom stereocenters. The van der Waals surface area contributed by atoms with Crippen LogP contribution >= 0.6 is 0 Å². The SMILES string of the molecule is Cc1cccc(C)c1C=CC1CCN(C(=O)C(C)(C)N)CC1. The summed E-state index contributed by atoms with van der Waals surface area (Å²) in [5.41, 5.74) is 9.09. The van der Waals surface area contributed by atoms with Crippen molar-refractivity contribution in [2.24, 2.45) is 11.7 Å². The largest absolute Gasteiger partial charge is 0.341 e. The van der Waals surface area contributed by atoms with Crippen LogP contribution in [0.5, 0.6) is 0 Å². The summed E-state index contributed by atoms with van der Waals surface area (Å²) in [6, 6.07) is 6.40. The first kappa shape index (κ1) is 16.8. The minimum Gasteiger partial charge on any atom is -0.341 e. The van der Waals surface area contributed by atoms with Crippen molar-refractivity contribution in [3.8, 4) is 0 Å². The molecule has 0 aromatic heterocycles. The Labute approximate surface area is 134 Å². The van der Waals surface area contributed by atoms with Gasteiger partial charge in [-0.1, -0.05) is 30.4 Å². The molecule has 1 fully saturated rings. The summed E-state index contributed by atoms with van der Waals surface area (Å²) in [5, 5.41) is 0. The minimum absolute atomic E-state index is 0.0599. The molecule has 1 heterocycles. The van der Waals surface area contributed by atoms with Crippen LogP contribution < -0.4 is 5.73 Å². The zero-order valence-corrected chi connectivity index (χ0v) is 14.2. The standard InChI is InChI=1S/C19H28N2O/c1-14-6-5-7-15(2)17(14)9-8-16-10-12-21(13-11-16)18(22)19(3,4)20/h5-9,16H,10-13,20H2,1-4H3. The first-order valence-corrected chi connectivity index (χ1v) is 8.11. The Morgan fingerprint density at radius 1 is 1.23 bits per heavy atom. The van der Waals surface area contributed by atoms with Gasteiger partial charge in [-0.2, -0.15) is 0 Å². The number of hydrogen-bond acceptors (Lipinski definition) is 2. The molecule has 0 saturated carbocycles. The second-order valence-electron chi connectivity index (χ2n) is 7.02. The smallest absolute Gasteiger partial charge is 0.242 e. The zero-order valence-electron chi connectivity index (χ0n) is 14.2. The molecule has 1 amide bonds. The number of likely N-dealkylation sites (tertiary alicyclic amines) is 1. The van der Waals surface area contributed by atoms with E-state index in [2.05, 4.69) is 44.2 Å². The number of piperidine rings is 1. The molecule has 1 aromatic rings. The molecule has 1 aliphatic heterocycles. The van der Waals surface area contributed by atoms with Crippen LogP contribution in [0, 0.1) is 19.8 Å². The van der Waals surface area contributed by atoms with Crippen LogP contribution in [0.15, 0.2) is 24.3 Å². The van der Waals surface area contributed by atoms with Crippen LogP contribution in [0.4, 0.5) is 0 Å². The van der Waals surface area contributed by atoms with Gasteiger partial charge in [0.2, 0.25) is 5.91 Å². The van der Waals surface area contributed by atoms with E-state index in [1.165, 1.54) is 16.7 Å². The van der Waals surface area contributed by atoms with Crippen molar-refractivity contribution >= 4 is 12.0 Å². The summed E-state index contributed by atoms with van der Waals surface area (Å²) in [6.45, 7) is 9.47. The fraction of sp³-hybridized carbons (Fsp3) is 0.526. The number of carbonyl (C=O) groups is 1. The van der Waals surface area contributed by atoms with E-state index in [9.17, 15) is 4.79 Å². The van der Waals surface area contributed by atoms with Crippen molar-refractivity contribution in [2.75, 3.05) is 13.1 Å². The highest BCUT2D eigenvalue weighted by Gasteiger charge is 2.30. The highest BCUT2D eigenvalue weighted by atomic mass is 16.2. The zero-order chi connectivity index (χ0) is 16.3. The van der Waals surface area contributed by atoms with E-state index < -0.39 is 5.54 Å². The number of aryl methyl sites for hydroxylation is 2. The van der Waals surface area contributed by atoms with E-state index in [1.54, 1.807) is 13.8 Å². The second-order valence-corrected chi connectivity index (χ2v) is 7.02. The van der Waals surface area contributed by atoms with E-state index in [0.717, 1.165) is 25.9 Å². The van der Waals surface area contributed by atoms with Crippen LogP contribution in [-0.2, 0) is 4.79 Å². The molecule has 0 radical (unpaired) electrons. The predicted molar refractivity (Wildman–Crippen MR) is 92.5 cm³/mol. The van der Waals surface area contributed by atoms with Crippen LogP contribution in [0.2, 0.25) is 0 Å². The third-order valence-electron chi connectivity index (χ3n) is 4.46. The van der Waals surface area contributed by atoms with Crippen LogP contribution in [0.25, 0.3) is 6.08 Å². The number of benzene rings is 1. The van der Waals surface area contributed by atoms with Crippen molar-refractivity contribution in [2.45, 2.75) is 46.1 Å². The van der Waals surface area contributed by atoms with E-state index >= 15 is 0 Å². The summed E-state index contributed by atoms with van der Waals surface area (Å²) < 4.78 is 0. The number of nitrogens with zero attached hydrogens (tertiary/aromatic N) is 1. The lowest BCUT2D eigenvalue weighted by atomic mass is 9.93. The highest BCUT2D eigenvalue weighted by molar-refractivity contribution is 5.85. The third-order valence-corrected chi connectivity index (χ3v) is 4.46.